The Bertz CT molecular complexity index is 307. The SMILES string of the molecule is CC(C)OCn1cc[n+](C)c1CN=O. The van der Waals surface area contributed by atoms with Crippen LogP contribution < -0.4 is 4.57 Å². The maximum absolute atomic E-state index is 10.2. The van der Waals surface area contributed by atoms with Gasteiger partial charge in [-0.05, 0) is 13.8 Å². The Morgan fingerprint density at radius 2 is 2.36 bits per heavy atom. The number of imidazole rings is 1. The number of aromatic nitrogens is 2. The number of hydrogen-bond donors (Lipinski definition) is 0. The molecular weight excluding hydrogens is 182 g/mol. The number of nitrogens with zero attached hydrogens (tertiary/aromatic N) is 3. The molecule has 5 nitrogen and oxygen atoms in total. The lowest BCUT2D eigenvalue weighted by molar-refractivity contribution is -0.679. The maximum atomic E-state index is 10.2. The van der Waals surface area contributed by atoms with Crippen molar-refractivity contribution in [1.82, 2.24) is 4.57 Å². The summed E-state index contributed by atoms with van der Waals surface area (Å²) in [5.41, 5.74) is 0. The van der Waals surface area contributed by atoms with Crippen LogP contribution in [0.25, 0.3) is 0 Å². The highest BCUT2D eigenvalue weighted by molar-refractivity contribution is 4.82. The largest absolute Gasteiger partial charge is 0.339 e. The van der Waals surface area contributed by atoms with Crippen LogP contribution in [0.5, 0.6) is 0 Å². The third-order valence-corrected chi connectivity index (χ3v) is 1.96. The summed E-state index contributed by atoms with van der Waals surface area (Å²) in [5.74, 6) is 0.848. The van der Waals surface area contributed by atoms with Crippen molar-refractivity contribution in [3.63, 3.8) is 0 Å². The first-order chi connectivity index (χ1) is 6.65. The Balaban J connectivity index is 2.70. The van der Waals surface area contributed by atoms with E-state index in [1.165, 1.54) is 0 Å². The molecule has 0 bridgehead atoms. The molecule has 0 aliphatic rings. The van der Waals surface area contributed by atoms with E-state index >= 15 is 0 Å². The highest BCUT2D eigenvalue weighted by atomic mass is 16.5. The van der Waals surface area contributed by atoms with Crippen molar-refractivity contribution in [2.75, 3.05) is 0 Å². The predicted molar refractivity (Wildman–Crippen MR) is 51.3 cm³/mol. The predicted octanol–water partition coefficient (Wildman–Crippen LogP) is 0.961. The van der Waals surface area contributed by atoms with Gasteiger partial charge in [-0.25, -0.2) is 9.13 Å². The fourth-order valence-electron chi connectivity index (χ4n) is 1.16. The van der Waals surface area contributed by atoms with Gasteiger partial charge in [0.15, 0.2) is 13.3 Å². The summed E-state index contributed by atoms with van der Waals surface area (Å²) >= 11 is 0. The Kier molecular flexibility index (Phi) is 3.76. The summed E-state index contributed by atoms with van der Waals surface area (Å²) in [6.45, 7) is 4.58. The molecule has 0 spiro atoms. The molecule has 0 aliphatic heterocycles. The smallest absolute Gasteiger partial charge is 0.283 e. The van der Waals surface area contributed by atoms with Crippen LogP contribution in [0.1, 0.15) is 19.7 Å². The second-order valence-corrected chi connectivity index (χ2v) is 3.43. The van der Waals surface area contributed by atoms with Crippen molar-refractivity contribution >= 4 is 0 Å². The van der Waals surface area contributed by atoms with Crippen LogP contribution in [0.4, 0.5) is 0 Å². The van der Waals surface area contributed by atoms with Gasteiger partial charge in [0.25, 0.3) is 5.82 Å². The molecule has 1 aromatic heterocycles. The molecule has 0 atom stereocenters. The van der Waals surface area contributed by atoms with Crippen LogP contribution >= 0.6 is 0 Å². The van der Waals surface area contributed by atoms with Crippen LogP contribution in [0, 0.1) is 4.91 Å². The lowest BCUT2D eigenvalue weighted by Gasteiger charge is -2.05. The maximum Gasteiger partial charge on any atom is 0.283 e. The van der Waals surface area contributed by atoms with Gasteiger partial charge in [-0.2, -0.15) is 4.91 Å². The van der Waals surface area contributed by atoms with Gasteiger partial charge in [-0.1, -0.05) is 5.18 Å². The minimum Gasteiger partial charge on any atom is -0.339 e. The Morgan fingerprint density at radius 1 is 1.64 bits per heavy atom. The average Bonchev–Trinajstić information content (AvgIpc) is 2.46. The molecule has 1 aromatic rings. The van der Waals surface area contributed by atoms with Crippen molar-refractivity contribution in [1.29, 1.82) is 0 Å². The van der Waals surface area contributed by atoms with Crippen LogP contribution in [-0.4, -0.2) is 10.7 Å². The Morgan fingerprint density at radius 3 is 2.93 bits per heavy atom. The standard InChI is InChI=1S/C9H16N3O2/c1-8(2)14-7-12-5-4-11(3)9(12)6-10-13/h4-5,8H,6-7H2,1-3H3/q+1. The molecule has 0 saturated carbocycles. The summed E-state index contributed by atoms with van der Waals surface area (Å²) in [7, 11) is 1.88. The fraction of sp³-hybridized carbons (Fsp3) is 0.667. The quantitative estimate of drug-likeness (QED) is 0.522. The van der Waals surface area contributed by atoms with Crippen molar-refractivity contribution in [2.24, 2.45) is 12.2 Å². The van der Waals surface area contributed by atoms with Gasteiger partial charge in [0.05, 0.1) is 13.2 Å². The van der Waals surface area contributed by atoms with Crippen LogP contribution in [0.15, 0.2) is 17.6 Å². The molecule has 0 N–H and O–H groups in total. The molecule has 5 heteroatoms. The summed E-state index contributed by atoms with van der Waals surface area (Å²) in [6.07, 6.45) is 3.94. The third kappa shape index (κ3) is 2.63. The van der Waals surface area contributed by atoms with E-state index < -0.39 is 0 Å². The lowest BCUT2D eigenvalue weighted by atomic mass is 10.5. The zero-order valence-corrected chi connectivity index (χ0v) is 8.80. The van der Waals surface area contributed by atoms with Crippen molar-refractivity contribution in [3.05, 3.63) is 23.1 Å². The molecule has 0 fully saturated rings. The summed E-state index contributed by atoms with van der Waals surface area (Å²) in [4.78, 5) is 10.2. The molecule has 0 aromatic carbocycles. The zero-order valence-electron chi connectivity index (χ0n) is 8.80. The second kappa shape index (κ2) is 4.85. The van der Waals surface area contributed by atoms with Gasteiger partial charge >= 0.3 is 0 Å². The fourth-order valence-corrected chi connectivity index (χ4v) is 1.16. The number of ether oxygens (including phenoxy) is 1. The summed E-state index contributed by atoms with van der Waals surface area (Å²) in [6, 6.07) is 0. The normalized spacial score (nSPS) is 10.9. The Hall–Kier alpha value is -1.23. The zero-order chi connectivity index (χ0) is 10.6. The van der Waals surface area contributed by atoms with E-state index in [2.05, 4.69) is 5.18 Å². The van der Waals surface area contributed by atoms with E-state index in [1.54, 1.807) is 0 Å². The molecule has 1 rings (SSSR count). The van der Waals surface area contributed by atoms with E-state index in [0.29, 0.717) is 6.73 Å². The monoisotopic (exact) mass is 198 g/mol. The summed E-state index contributed by atoms with van der Waals surface area (Å²) < 4.78 is 9.18. The van der Waals surface area contributed by atoms with Gasteiger partial charge in [0.1, 0.15) is 12.4 Å². The van der Waals surface area contributed by atoms with Gasteiger partial charge in [-0.3, -0.25) is 0 Å². The number of rotatable bonds is 5. The highest BCUT2D eigenvalue weighted by Gasteiger charge is 2.14. The van der Waals surface area contributed by atoms with E-state index in [9.17, 15) is 4.91 Å². The molecule has 0 aliphatic carbocycles. The summed E-state index contributed by atoms with van der Waals surface area (Å²) in [5, 5.41) is 2.88. The van der Waals surface area contributed by atoms with Crippen molar-refractivity contribution in [3.8, 4) is 0 Å². The van der Waals surface area contributed by atoms with E-state index in [-0.39, 0.29) is 12.6 Å². The number of nitroso groups, excluding NO2 is 1. The van der Waals surface area contributed by atoms with Gasteiger partial charge < -0.3 is 4.74 Å². The van der Waals surface area contributed by atoms with Gasteiger partial charge in [0.2, 0.25) is 0 Å². The third-order valence-electron chi connectivity index (χ3n) is 1.96. The molecule has 14 heavy (non-hydrogen) atoms. The number of hydrogen-bond acceptors (Lipinski definition) is 3. The topological polar surface area (TPSA) is 47.5 Å². The Labute approximate surface area is 83.3 Å². The number of aryl methyl sites for hydroxylation is 1. The molecule has 0 amide bonds. The van der Waals surface area contributed by atoms with Gasteiger partial charge in [-0.15, -0.1) is 0 Å². The first-order valence-electron chi connectivity index (χ1n) is 4.59. The van der Waals surface area contributed by atoms with Crippen molar-refractivity contribution in [2.45, 2.75) is 33.2 Å². The lowest BCUT2D eigenvalue weighted by Crippen LogP contribution is -2.32. The van der Waals surface area contributed by atoms with Gasteiger partial charge in [0, 0.05) is 0 Å². The van der Waals surface area contributed by atoms with E-state index in [4.69, 9.17) is 4.74 Å². The van der Waals surface area contributed by atoms with Crippen LogP contribution in [0.3, 0.4) is 0 Å². The first kappa shape index (κ1) is 10.8. The van der Waals surface area contributed by atoms with Crippen LogP contribution in [0.2, 0.25) is 0 Å². The average molecular weight is 198 g/mol. The van der Waals surface area contributed by atoms with E-state index in [1.807, 2.05) is 42.4 Å². The molecule has 0 radical (unpaired) electrons. The molecule has 1 heterocycles. The minimum atomic E-state index is 0.172. The molecular formula is C9H16N3O2+. The molecule has 0 saturated heterocycles. The van der Waals surface area contributed by atoms with Crippen molar-refractivity contribution < 1.29 is 9.30 Å². The second-order valence-electron chi connectivity index (χ2n) is 3.43. The minimum absolute atomic E-state index is 0.172. The molecule has 0 unspecified atom stereocenters. The highest BCUT2D eigenvalue weighted by Crippen LogP contribution is 1.99. The van der Waals surface area contributed by atoms with Crippen LogP contribution in [-0.2, 0) is 25.1 Å². The first-order valence-corrected chi connectivity index (χ1v) is 4.59. The van der Waals surface area contributed by atoms with E-state index in [0.717, 1.165) is 5.82 Å². The molecule has 78 valence electrons.